The Morgan fingerprint density at radius 2 is 2.11 bits per heavy atom. The molecule has 1 atom stereocenters. The number of aryl methyl sites for hydroxylation is 1. The van der Waals surface area contributed by atoms with Crippen molar-refractivity contribution in [3.05, 3.63) is 65.5 Å². The average molecular weight is 364 g/mol. The zero-order valence-corrected chi connectivity index (χ0v) is 15.2. The molecule has 0 spiro atoms. The number of nitrogens with one attached hydrogen (secondary N) is 1. The summed E-state index contributed by atoms with van der Waals surface area (Å²) in [7, 11) is 1.60. The van der Waals surface area contributed by atoms with E-state index < -0.39 is 0 Å². The molecule has 4 rings (SSSR count). The summed E-state index contributed by atoms with van der Waals surface area (Å²) >= 11 is 0. The Morgan fingerprint density at radius 3 is 2.93 bits per heavy atom. The zero-order valence-electron chi connectivity index (χ0n) is 15.2. The molecule has 138 valence electrons. The Bertz CT molecular complexity index is 983. The number of benzene rings is 2. The van der Waals surface area contributed by atoms with E-state index in [0.717, 1.165) is 11.1 Å². The second-order valence-electron chi connectivity index (χ2n) is 6.48. The first-order valence-electron chi connectivity index (χ1n) is 8.69. The van der Waals surface area contributed by atoms with Crippen molar-refractivity contribution < 1.29 is 14.3 Å². The summed E-state index contributed by atoms with van der Waals surface area (Å²) in [5.74, 6) is 1.64. The maximum Gasteiger partial charge on any atom is 0.229 e. The van der Waals surface area contributed by atoms with Gasteiger partial charge in [-0.15, -0.1) is 0 Å². The van der Waals surface area contributed by atoms with Gasteiger partial charge in [0.15, 0.2) is 11.5 Å². The highest BCUT2D eigenvalue weighted by atomic mass is 16.5. The van der Waals surface area contributed by atoms with Gasteiger partial charge in [-0.1, -0.05) is 35.9 Å². The van der Waals surface area contributed by atoms with Gasteiger partial charge in [-0.3, -0.25) is 10.1 Å². The second kappa shape index (κ2) is 7.11. The number of hydrogen-bond acceptors (Lipinski definition) is 5. The van der Waals surface area contributed by atoms with Crippen LogP contribution in [0.25, 0.3) is 0 Å². The van der Waals surface area contributed by atoms with Crippen molar-refractivity contribution in [3.63, 3.8) is 0 Å². The van der Waals surface area contributed by atoms with Crippen molar-refractivity contribution in [2.45, 2.75) is 26.0 Å². The van der Waals surface area contributed by atoms with Crippen LogP contribution in [0, 0.1) is 6.92 Å². The van der Waals surface area contributed by atoms with E-state index in [-0.39, 0.29) is 11.9 Å². The van der Waals surface area contributed by atoms with Gasteiger partial charge < -0.3 is 9.47 Å². The van der Waals surface area contributed by atoms with Gasteiger partial charge in [-0.05, 0) is 30.2 Å². The van der Waals surface area contributed by atoms with Crippen molar-refractivity contribution in [2.75, 3.05) is 12.4 Å². The molecule has 7 nitrogen and oxygen atoms in total. The lowest BCUT2D eigenvalue weighted by molar-refractivity contribution is -0.117. The Hall–Kier alpha value is -3.35. The third-order valence-corrected chi connectivity index (χ3v) is 4.55. The molecule has 1 N–H and O–H groups in total. The zero-order chi connectivity index (χ0) is 18.8. The largest absolute Gasteiger partial charge is 0.493 e. The normalized spacial score (nSPS) is 15.8. The van der Waals surface area contributed by atoms with Crippen molar-refractivity contribution in [1.29, 1.82) is 0 Å². The molecule has 2 aromatic carbocycles. The van der Waals surface area contributed by atoms with E-state index in [2.05, 4.69) is 34.5 Å². The number of methoxy groups -OCH3 is 1. The Balaban J connectivity index is 1.58. The fraction of sp³-hybridized carbons (Fsp3) is 0.250. The van der Waals surface area contributed by atoms with Crippen molar-refractivity contribution in [2.24, 2.45) is 0 Å². The summed E-state index contributed by atoms with van der Waals surface area (Å²) in [4.78, 5) is 16.0. The molecular formula is C20H20N4O3. The Morgan fingerprint density at radius 1 is 1.22 bits per heavy atom. The maximum atomic E-state index is 12.0. The minimum Gasteiger partial charge on any atom is -0.493 e. The van der Waals surface area contributed by atoms with Crippen molar-refractivity contribution >= 4 is 11.9 Å². The number of amides is 1. The fourth-order valence-electron chi connectivity index (χ4n) is 3.24. The molecular weight excluding hydrogens is 344 g/mol. The van der Waals surface area contributed by atoms with Gasteiger partial charge >= 0.3 is 0 Å². The molecule has 3 aromatic rings. The number of carbonyl (C=O) groups is 1. The highest BCUT2D eigenvalue weighted by molar-refractivity contribution is 5.91. The quantitative estimate of drug-likeness (QED) is 0.753. The van der Waals surface area contributed by atoms with Gasteiger partial charge in [0.2, 0.25) is 11.9 Å². The first-order valence-corrected chi connectivity index (χ1v) is 8.69. The van der Waals surface area contributed by atoms with Crippen LogP contribution in [0.5, 0.6) is 11.5 Å². The van der Waals surface area contributed by atoms with Gasteiger partial charge in [0, 0.05) is 0 Å². The monoisotopic (exact) mass is 364 g/mol. The number of nitrogens with zero attached hydrogens (tertiary/aromatic N) is 3. The van der Waals surface area contributed by atoms with Crippen LogP contribution in [0.2, 0.25) is 0 Å². The van der Waals surface area contributed by atoms with Crippen LogP contribution in [0.3, 0.4) is 0 Å². The summed E-state index contributed by atoms with van der Waals surface area (Å²) in [6.07, 6.45) is 1.73. The molecule has 0 saturated carbocycles. The first kappa shape index (κ1) is 17.1. The number of rotatable bonds is 5. The third kappa shape index (κ3) is 3.48. The molecule has 1 aliphatic heterocycles. The summed E-state index contributed by atoms with van der Waals surface area (Å²) in [5.41, 5.74) is 3.20. The second-order valence-corrected chi connectivity index (χ2v) is 6.48. The number of aromatic nitrogens is 3. The minimum atomic E-state index is -0.226. The highest BCUT2D eigenvalue weighted by Gasteiger charge is 2.28. The van der Waals surface area contributed by atoms with Crippen LogP contribution >= 0.6 is 0 Å². The number of fused-ring (bicyclic) bond motifs is 1. The predicted molar refractivity (Wildman–Crippen MR) is 99.9 cm³/mol. The van der Waals surface area contributed by atoms with Crippen LogP contribution in [0.15, 0.2) is 48.8 Å². The molecule has 1 aromatic heterocycles. The van der Waals surface area contributed by atoms with Gasteiger partial charge in [0.25, 0.3) is 0 Å². The summed E-state index contributed by atoms with van der Waals surface area (Å²) in [5, 5.41) is 6.95. The highest BCUT2D eigenvalue weighted by Crippen LogP contribution is 2.35. The van der Waals surface area contributed by atoms with E-state index in [4.69, 9.17) is 9.47 Å². The van der Waals surface area contributed by atoms with Crippen molar-refractivity contribution in [1.82, 2.24) is 14.8 Å². The van der Waals surface area contributed by atoms with Gasteiger partial charge in [-0.25, -0.2) is 4.68 Å². The lowest BCUT2D eigenvalue weighted by Gasteiger charge is -2.24. The molecule has 27 heavy (non-hydrogen) atoms. The standard InChI is InChI=1S/C20H20N4O3/c1-13-4-3-5-14(8-13)11-27-17-7-6-15(9-18(17)26-2)16-10-19(25)23-20-21-12-22-24(16)20/h3-9,12,16H,10-11H2,1-2H3,(H,21,22,23,25). The van der Waals surface area contributed by atoms with Crippen LogP contribution in [-0.4, -0.2) is 27.8 Å². The molecule has 0 radical (unpaired) electrons. The van der Waals surface area contributed by atoms with Gasteiger partial charge in [0.05, 0.1) is 19.6 Å². The third-order valence-electron chi connectivity index (χ3n) is 4.55. The lowest BCUT2D eigenvalue weighted by atomic mass is 10.0. The number of ether oxygens (including phenoxy) is 2. The van der Waals surface area contributed by atoms with Crippen LogP contribution in [0.4, 0.5) is 5.95 Å². The summed E-state index contributed by atoms with van der Waals surface area (Å²) in [6, 6.07) is 13.6. The summed E-state index contributed by atoms with van der Waals surface area (Å²) < 4.78 is 13.2. The number of hydrogen-bond donors (Lipinski definition) is 1. The smallest absolute Gasteiger partial charge is 0.229 e. The first-order chi connectivity index (χ1) is 13.1. The Labute approximate surface area is 156 Å². The van der Waals surface area contributed by atoms with Crippen LogP contribution < -0.4 is 14.8 Å². The average Bonchev–Trinajstić information content (AvgIpc) is 3.14. The lowest BCUT2D eigenvalue weighted by Crippen LogP contribution is -2.29. The van der Waals surface area contributed by atoms with E-state index in [0.29, 0.717) is 30.5 Å². The molecule has 1 amide bonds. The molecule has 2 heterocycles. The molecule has 1 aliphatic rings. The fourth-order valence-corrected chi connectivity index (χ4v) is 3.24. The van der Waals surface area contributed by atoms with E-state index >= 15 is 0 Å². The number of anilines is 1. The molecule has 0 fully saturated rings. The van der Waals surface area contributed by atoms with Gasteiger partial charge in [-0.2, -0.15) is 10.1 Å². The molecule has 7 heteroatoms. The van der Waals surface area contributed by atoms with Crippen LogP contribution in [-0.2, 0) is 11.4 Å². The Kier molecular flexibility index (Phi) is 4.50. The predicted octanol–water partition coefficient (Wildman–Crippen LogP) is 3.11. The minimum absolute atomic E-state index is 0.0840. The van der Waals surface area contributed by atoms with E-state index in [1.54, 1.807) is 11.8 Å². The SMILES string of the molecule is COc1cc(C2CC(=O)Nc3ncnn32)ccc1OCc1cccc(C)c1. The van der Waals surface area contributed by atoms with E-state index in [9.17, 15) is 4.79 Å². The van der Waals surface area contributed by atoms with Gasteiger partial charge in [0.1, 0.15) is 12.9 Å². The van der Waals surface area contributed by atoms with E-state index in [1.165, 1.54) is 11.9 Å². The molecule has 0 aliphatic carbocycles. The van der Waals surface area contributed by atoms with E-state index in [1.807, 2.05) is 30.3 Å². The topological polar surface area (TPSA) is 78.3 Å². The number of carbonyl (C=O) groups excluding carboxylic acids is 1. The molecule has 0 bridgehead atoms. The van der Waals surface area contributed by atoms with Crippen LogP contribution in [0.1, 0.15) is 29.2 Å². The molecule has 0 saturated heterocycles. The molecule has 1 unspecified atom stereocenters. The summed E-state index contributed by atoms with van der Waals surface area (Å²) in [6.45, 7) is 2.51. The van der Waals surface area contributed by atoms with Crippen molar-refractivity contribution in [3.8, 4) is 11.5 Å². The maximum absolute atomic E-state index is 12.0.